The van der Waals surface area contributed by atoms with E-state index in [9.17, 15) is 5.26 Å². The van der Waals surface area contributed by atoms with Crippen LogP contribution in [0.3, 0.4) is 0 Å². The molecule has 0 aromatic heterocycles. The van der Waals surface area contributed by atoms with Crippen LogP contribution in [-0.4, -0.2) is 0 Å². The molecule has 1 aliphatic rings. The first-order chi connectivity index (χ1) is 9.50. The molecule has 0 fully saturated rings. The third kappa shape index (κ3) is 3.61. The van der Waals surface area contributed by atoms with Crippen LogP contribution < -0.4 is 0 Å². The molecule has 0 amide bonds. The lowest BCUT2D eigenvalue weighted by Crippen LogP contribution is -2.22. The van der Waals surface area contributed by atoms with E-state index in [0.29, 0.717) is 5.41 Å². The Bertz CT molecular complexity index is 550. The SMILES string of the molecule is CC(C)(C)C1CC=C(C(C#N)=Cc2ccccc2)CC1. The van der Waals surface area contributed by atoms with Gasteiger partial charge in [0.15, 0.2) is 0 Å². The fraction of sp³-hybridized carbons (Fsp3) is 0.421. The van der Waals surface area contributed by atoms with Crippen molar-refractivity contribution in [1.29, 1.82) is 5.26 Å². The molecule has 20 heavy (non-hydrogen) atoms. The van der Waals surface area contributed by atoms with Crippen molar-refractivity contribution >= 4 is 6.08 Å². The second-order valence-corrected chi connectivity index (χ2v) is 6.65. The maximum Gasteiger partial charge on any atom is 0.0994 e. The molecule has 1 nitrogen and oxygen atoms in total. The lowest BCUT2D eigenvalue weighted by atomic mass is 9.72. The van der Waals surface area contributed by atoms with Crippen molar-refractivity contribution in [3.8, 4) is 6.07 Å². The second-order valence-electron chi connectivity index (χ2n) is 6.65. The van der Waals surface area contributed by atoms with Crippen LogP contribution in [0.5, 0.6) is 0 Å². The fourth-order valence-electron chi connectivity index (χ4n) is 2.78. The van der Waals surface area contributed by atoms with Crippen LogP contribution >= 0.6 is 0 Å². The first kappa shape index (κ1) is 14.6. The molecule has 0 heterocycles. The lowest BCUT2D eigenvalue weighted by molar-refractivity contribution is 0.221. The van der Waals surface area contributed by atoms with E-state index in [2.05, 4.69) is 32.9 Å². The van der Waals surface area contributed by atoms with E-state index in [1.165, 1.54) is 12.0 Å². The Hall–Kier alpha value is -1.81. The summed E-state index contributed by atoms with van der Waals surface area (Å²) in [5.41, 5.74) is 3.50. The predicted octanol–water partition coefficient (Wildman–Crippen LogP) is 5.37. The maximum absolute atomic E-state index is 9.41. The van der Waals surface area contributed by atoms with Crippen molar-refractivity contribution in [1.82, 2.24) is 0 Å². The molecule has 0 saturated carbocycles. The van der Waals surface area contributed by atoms with Crippen LogP contribution in [0.25, 0.3) is 6.08 Å². The van der Waals surface area contributed by atoms with E-state index in [-0.39, 0.29) is 0 Å². The standard InChI is InChI=1S/C19H23N/c1-19(2,3)18-11-9-16(10-12-18)17(14-20)13-15-7-5-4-6-8-15/h4-9,13,18H,10-12H2,1-3H3. The summed E-state index contributed by atoms with van der Waals surface area (Å²) in [6.07, 6.45) is 7.57. The Morgan fingerprint density at radius 3 is 2.45 bits per heavy atom. The highest BCUT2D eigenvalue weighted by atomic mass is 14.3. The summed E-state index contributed by atoms with van der Waals surface area (Å²) in [6, 6.07) is 12.5. The van der Waals surface area contributed by atoms with Gasteiger partial charge in [-0.15, -0.1) is 0 Å². The van der Waals surface area contributed by atoms with E-state index in [0.717, 1.165) is 29.9 Å². The number of benzene rings is 1. The Morgan fingerprint density at radius 2 is 1.95 bits per heavy atom. The van der Waals surface area contributed by atoms with Crippen molar-refractivity contribution in [2.75, 3.05) is 0 Å². The number of nitriles is 1. The van der Waals surface area contributed by atoms with Crippen molar-refractivity contribution < 1.29 is 0 Å². The molecule has 2 rings (SSSR count). The average Bonchev–Trinajstić information content (AvgIpc) is 2.45. The van der Waals surface area contributed by atoms with E-state index >= 15 is 0 Å². The van der Waals surface area contributed by atoms with Crippen LogP contribution in [0.1, 0.15) is 45.6 Å². The molecule has 0 spiro atoms. The van der Waals surface area contributed by atoms with Gasteiger partial charge in [-0.25, -0.2) is 0 Å². The van der Waals surface area contributed by atoms with Crippen molar-refractivity contribution in [2.24, 2.45) is 11.3 Å². The largest absolute Gasteiger partial charge is 0.192 e. The topological polar surface area (TPSA) is 23.8 Å². The van der Waals surface area contributed by atoms with Crippen LogP contribution in [0.2, 0.25) is 0 Å². The van der Waals surface area contributed by atoms with Gasteiger partial charge in [0.05, 0.1) is 11.6 Å². The lowest BCUT2D eigenvalue weighted by Gasteiger charge is -2.33. The van der Waals surface area contributed by atoms with Crippen LogP contribution in [-0.2, 0) is 0 Å². The van der Waals surface area contributed by atoms with Crippen LogP contribution in [0, 0.1) is 22.7 Å². The number of nitrogens with zero attached hydrogens (tertiary/aromatic N) is 1. The fourth-order valence-corrected chi connectivity index (χ4v) is 2.78. The minimum Gasteiger partial charge on any atom is -0.192 e. The van der Waals surface area contributed by atoms with Gasteiger partial charge in [-0.1, -0.05) is 57.2 Å². The molecule has 1 aromatic carbocycles. The summed E-state index contributed by atoms with van der Waals surface area (Å²) in [6.45, 7) is 6.92. The Kier molecular flexibility index (Phi) is 4.45. The molecule has 0 N–H and O–H groups in total. The summed E-state index contributed by atoms with van der Waals surface area (Å²) >= 11 is 0. The van der Waals surface area contributed by atoms with Crippen LogP contribution in [0.4, 0.5) is 0 Å². The van der Waals surface area contributed by atoms with Crippen LogP contribution in [0.15, 0.2) is 47.6 Å². The van der Waals surface area contributed by atoms with E-state index in [1.54, 1.807) is 0 Å². The summed E-state index contributed by atoms with van der Waals surface area (Å²) in [5.74, 6) is 0.725. The van der Waals surface area contributed by atoms with E-state index in [1.807, 2.05) is 36.4 Å². The highest BCUT2D eigenvalue weighted by molar-refractivity contribution is 5.63. The molecule has 0 radical (unpaired) electrons. The zero-order chi connectivity index (χ0) is 14.6. The van der Waals surface area contributed by atoms with Gasteiger partial charge in [-0.3, -0.25) is 0 Å². The van der Waals surface area contributed by atoms with Gasteiger partial charge in [-0.05, 0) is 47.8 Å². The molecule has 1 unspecified atom stereocenters. The van der Waals surface area contributed by atoms with Gasteiger partial charge in [0.25, 0.3) is 0 Å². The zero-order valence-electron chi connectivity index (χ0n) is 12.7. The highest BCUT2D eigenvalue weighted by Gasteiger charge is 2.26. The maximum atomic E-state index is 9.41. The quantitative estimate of drug-likeness (QED) is 0.660. The molecule has 104 valence electrons. The predicted molar refractivity (Wildman–Crippen MR) is 84.9 cm³/mol. The number of rotatable bonds is 2. The smallest absolute Gasteiger partial charge is 0.0994 e. The minimum absolute atomic E-state index is 0.359. The average molecular weight is 265 g/mol. The van der Waals surface area contributed by atoms with Gasteiger partial charge >= 0.3 is 0 Å². The Balaban J connectivity index is 2.17. The number of allylic oxidation sites excluding steroid dienone is 3. The van der Waals surface area contributed by atoms with Gasteiger partial charge in [0, 0.05) is 0 Å². The molecule has 1 aliphatic carbocycles. The molecule has 0 aliphatic heterocycles. The third-order valence-electron chi connectivity index (χ3n) is 4.21. The summed E-state index contributed by atoms with van der Waals surface area (Å²) in [4.78, 5) is 0. The monoisotopic (exact) mass is 265 g/mol. The summed E-state index contributed by atoms with van der Waals surface area (Å²) < 4.78 is 0. The molecular weight excluding hydrogens is 242 g/mol. The third-order valence-corrected chi connectivity index (χ3v) is 4.21. The van der Waals surface area contributed by atoms with E-state index in [4.69, 9.17) is 0 Å². The first-order valence-corrected chi connectivity index (χ1v) is 7.37. The molecule has 1 atom stereocenters. The van der Waals surface area contributed by atoms with Gasteiger partial charge < -0.3 is 0 Å². The second kappa shape index (κ2) is 6.09. The number of hydrogen-bond donors (Lipinski definition) is 0. The van der Waals surface area contributed by atoms with Crippen molar-refractivity contribution in [2.45, 2.75) is 40.0 Å². The molecule has 1 aromatic rings. The summed E-state index contributed by atoms with van der Waals surface area (Å²) in [7, 11) is 0. The summed E-state index contributed by atoms with van der Waals surface area (Å²) in [5, 5.41) is 9.41. The molecule has 0 bridgehead atoms. The molecule has 0 saturated heterocycles. The Labute approximate surface area is 122 Å². The first-order valence-electron chi connectivity index (χ1n) is 7.37. The van der Waals surface area contributed by atoms with E-state index < -0.39 is 0 Å². The van der Waals surface area contributed by atoms with Crippen molar-refractivity contribution in [3.05, 3.63) is 53.1 Å². The minimum atomic E-state index is 0.359. The Morgan fingerprint density at radius 1 is 1.25 bits per heavy atom. The van der Waals surface area contributed by atoms with Gasteiger partial charge in [0.2, 0.25) is 0 Å². The molecule has 1 heteroatoms. The van der Waals surface area contributed by atoms with Gasteiger partial charge in [-0.2, -0.15) is 5.26 Å². The highest BCUT2D eigenvalue weighted by Crippen LogP contribution is 2.38. The molecular formula is C19H23N. The van der Waals surface area contributed by atoms with Crippen molar-refractivity contribution in [3.63, 3.8) is 0 Å². The van der Waals surface area contributed by atoms with Gasteiger partial charge in [0.1, 0.15) is 0 Å². The normalized spacial score (nSPS) is 20.2. The number of hydrogen-bond acceptors (Lipinski definition) is 1. The zero-order valence-corrected chi connectivity index (χ0v) is 12.7.